The van der Waals surface area contributed by atoms with Crippen LogP contribution in [-0.4, -0.2) is 30.3 Å². The van der Waals surface area contributed by atoms with E-state index in [2.05, 4.69) is 4.90 Å². The van der Waals surface area contributed by atoms with Gasteiger partial charge in [-0.25, -0.2) is 0 Å². The number of Topliss-reactive ketones (excluding diaryl/α,β-unsaturated/α-hetero) is 1. The van der Waals surface area contributed by atoms with E-state index in [1.165, 1.54) is 25.7 Å². The summed E-state index contributed by atoms with van der Waals surface area (Å²) < 4.78 is 0. The van der Waals surface area contributed by atoms with Crippen LogP contribution in [0.1, 0.15) is 32.6 Å². The lowest BCUT2D eigenvalue weighted by atomic mass is 9.94. The van der Waals surface area contributed by atoms with Gasteiger partial charge in [-0.2, -0.15) is 0 Å². The largest absolute Gasteiger partial charge is 0.299 e. The molecule has 2 rings (SSSR count). The highest BCUT2D eigenvalue weighted by Gasteiger charge is 2.44. The van der Waals surface area contributed by atoms with E-state index in [0.29, 0.717) is 12.3 Å². The number of carbonyl (C=O) groups is 1. The Labute approximate surface area is 73.9 Å². The number of ketones is 1. The molecule has 0 aromatic rings. The van der Waals surface area contributed by atoms with Gasteiger partial charge < -0.3 is 0 Å². The maximum absolute atomic E-state index is 10.8. The number of hydrogen-bond acceptors (Lipinski definition) is 2. The van der Waals surface area contributed by atoms with E-state index in [1.807, 2.05) is 0 Å². The van der Waals surface area contributed by atoms with Gasteiger partial charge in [0, 0.05) is 0 Å². The number of rotatable bonds is 2. The first-order valence-corrected chi connectivity index (χ1v) is 4.92. The van der Waals surface area contributed by atoms with E-state index in [9.17, 15) is 4.79 Å². The van der Waals surface area contributed by atoms with Crippen molar-refractivity contribution >= 4 is 5.78 Å². The van der Waals surface area contributed by atoms with Crippen molar-refractivity contribution in [3.63, 3.8) is 0 Å². The van der Waals surface area contributed by atoms with Gasteiger partial charge >= 0.3 is 0 Å². The molecule has 1 saturated heterocycles. The summed E-state index contributed by atoms with van der Waals surface area (Å²) in [5.41, 5.74) is 0.743. The summed E-state index contributed by atoms with van der Waals surface area (Å²) in [6.07, 6.45) is 5.56. The van der Waals surface area contributed by atoms with Crippen molar-refractivity contribution in [2.24, 2.45) is 5.41 Å². The SMILES string of the molecule is CC(=O)CN1CCC2(CC1)CC2. The van der Waals surface area contributed by atoms with Crippen molar-refractivity contribution in [3.8, 4) is 0 Å². The fraction of sp³-hybridized carbons (Fsp3) is 0.900. The van der Waals surface area contributed by atoms with Crippen molar-refractivity contribution < 1.29 is 4.79 Å². The van der Waals surface area contributed by atoms with Gasteiger partial charge in [0.1, 0.15) is 5.78 Å². The first-order valence-electron chi connectivity index (χ1n) is 4.92. The summed E-state index contributed by atoms with van der Waals surface area (Å²) in [4.78, 5) is 13.1. The zero-order valence-electron chi connectivity index (χ0n) is 7.81. The highest BCUT2D eigenvalue weighted by molar-refractivity contribution is 5.77. The molecule has 0 radical (unpaired) electrons. The molecule has 68 valence electrons. The highest BCUT2D eigenvalue weighted by Crippen LogP contribution is 2.53. The molecule has 0 bridgehead atoms. The molecule has 0 amide bonds. The Morgan fingerprint density at radius 1 is 1.25 bits per heavy atom. The van der Waals surface area contributed by atoms with Crippen LogP contribution in [0.3, 0.4) is 0 Å². The van der Waals surface area contributed by atoms with Gasteiger partial charge in [0.05, 0.1) is 6.54 Å². The Hall–Kier alpha value is -0.370. The van der Waals surface area contributed by atoms with E-state index < -0.39 is 0 Å². The summed E-state index contributed by atoms with van der Waals surface area (Å²) in [6, 6.07) is 0. The van der Waals surface area contributed by atoms with E-state index in [4.69, 9.17) is 0 Å². The molecule has 1 heterocycles. The van der Waals surface area contributed by atoms with Crippen molar-refractivity contribution in [3.05, 3.63) is 0 Å². The predicted octanol–water partition coefficient (Wildman–Crippen LogP) is 1.45. The Bertz CT molecular complexity index is 186. The van der Waals surface area contributed by atoms with Crippen LogP contribution in [0.2, 0.25) is 0 Å². The lowest BCUT2D eigenvalue weighted by Crippen LogP contribution is -2.37. The molecule has 1 aliphatic heterocycles. The third kappa shape index (κ3) is 1.69. The predicted molar refractivity (Wildman–Crippen MR) is 48.0 cm³/mol. The third-order valence-electron chi connectivity index (χ3n) is 3.32. The van der Waals surface area contributed by atoms with Gasteiger partial charge in [-0.05, 0) is 51.1 Å². The molecule has 2 nitrogen and oxygen atoms in total. The average Bonchev–Trinajstić information content (AvgIpc) is 2.75. The van der Waals surface area contributed by atoms with Crippen molar-refractivity contribution in [2.45, 2.75) is 32.6 Å². The Balaban J connectivity index is 1.78. The molecule has 1 spiro atoms. The third-order valence-corrected chi connectivity index (χ3v) is 3.32. The van der Waals surface area contributed by atoms with Gasteiger partial charge in [-0.3, -0.25) is 9.69 Å². The van der Waals surface area contributed by atoms with Gasteiger partial charge in [0.15, 0.2) is 0 Å². The molecule has 1 saturated carbocycles. The second kappa shape index (κ2) is 2.84. The molecule has 0 atom stereocenters. The maximum atomic E-state index is 10.8. The second-order valence-corrected chi connectivity index (χ2v) is 4.48. The lowest BCUT2D eigenvalue weighted by molar-refractivity contribution is -0.118. The minimum absolute atomic E-state index is 0.307. The topological polar surface area (TPSA) is 20.3 Å². The zero-order valence-corrected chi connectivity index (χ0v) is 7.81. The zero-order chi connectivity index (χ0) is 8.60. The number of piperidine rings is 1. The lowest BCUT2D eigenvalue weighted by Gasteiger charge is -2.31. The fourth-order valence-electron chi connectivity index (χ4n) is 2.18. The van der Waals surface area contributed by atoms with E-state index in [-0.39, 0.29) is 0 Å². The van der Waals surface area contributed by atoms with Crippen LogP contribution in [0, 0.1) is 5.41 Å². The number of hydrogen-bond donors (Lipinski definition) is 0. The number of likely N-dealkylation sites (tertiary alicyclic amines) is 1. The van der Waals surface area contributed by atoms with Crippen LogP contribution >= 0.6 is 0 Å². The summed E-state index contributed by atoms with van der Waals surface area (Å²) in [6.45, 7) is 4.66. The summed E-state index contributed by atoms with van der Waals surface area (Å²) in [7, 11) is 0. The van der Waals surface area contributed by atoms with Crippen LogP contribution in [0.25, 0.3) is 0 Å². The van der Waals surface area contributed by atoms with E-state index >= 15 is 0 Å². The number of nitrogens with zero attached hydrogens (tertiary/aromatic N) is 1. The highest BCUT2D eigenvalue weighted by atomic mass is 16.1. The monoisotopic (exact) mass is 167 g/mol. The Morgan fingerprint density at radius 3 is 2.25 bits per heavy atom. The molecule has 0 aromatic carbocycles. The first-order chi connectivity index (χ1) is 5.70. The maximum Gasteiger partial charge on any atom is 0.143 e. The first kappa shape index (κ1) is 8.24. The van der Waals surface area contributed by atoms with Crippen LogP contribution in [0.15, 0.2) is 0 Å². The van der Waals surface area contributed by atoms with Crippen molar-refractivity contribution in [1.82, 2.24) is 4.90 Å². The molecule has 2 fully saturated rings. The van der Waals surface area contributed by atoms with Gasteiger partial charge in [-0.15, -0.1) is 0 Å². The molecule has 12 heavy (non-hydrogen) atoms. The van der Waals surface area contributed by atoms with Gasteiger partial charge in [0.2, 0.25) is 0 Å². The standard InChI is InChI=1S/C10H17NO/c1-9(12)8-11-6-4-10(2-3-10)5-7-11/h2-8H2,1H3. The number of carbonyl (C=O) groups excluding carboxylic acids is 1. The van der Waals surface area contributed by atoms with Crippen molar-refractivity contribution in [2.75, 3.05) is 19.6 Å². The summed E-state index contributed by atoms with van der Waals surface area (Å²) >= 11 is 0. The van der Waals surface area contributed by atoms with Gasteiger partial charge in [-0.1, -0.05) is 0 Å². The molecule has 0 N–H and O–H groups in total. The van der Waals surface area contributed by atoms with Crippen molar-refractivity contribution in [1.29, 1.82) is 0 Å². The molecule has 1 aliphatic carbocycles. The average molecular weight is 167 g/mol. The molecule has 0 unspecified atom stereocenters. The second-order valence-electron chi connectivity index (χ2n) is 4.48. The molecular formula is C10H17NO. The molecular weight excluding hydrogens is 150 g/mol. The normalized spacial score (nSPS) is 27.4. The summed E-state index contributed by atoms with van der Waals surface area (Å²) in [5, 5.41) is 0. The van der Waals surface area contributed by atoms with Crippen LogP contribution in [0.5, 0.6) is 0 Å². The summed E-state index contributed by atoms with van der Waals surface area (Å²) in [5.74, 6) is 0.307. The quantitative estimate of drug-likeness (QED) is 0.620. The molecule has 2 aliphatic rings. The van der Waals surface area contributed by atoms with E-state index in [0.717, 1.165) is 18.5 Å². The van der Waals surface area contributed by atoms with Crippen LogP contribution in [0.4, 0.5) is 0 Å². The Morgan fingerprint density at radius 2 is 1.83 bits per heavy atom. The van der Waals surface area contributed by atoms with Crippen LogP contribution in [-0.2, 0) is 4.79 Å². The van der Waals surface area contributed by atoms with Gasteiger partial charge in [0.25, 0.3) is 0 Å². The fourth-order valence-corrected chi connectivity index (χ4v) is 2.18. The van der Waals surface area contributed by atoms with Crippen LogP contribution < -0.4 is 0 Å². The molecule has 0 aromatic heterocycles. The minimum Gasteiger partial charge on any atom is -0.299 e. The Kier molecular flexibility index (Phi) is 1.95. The minimum atomic E-state index is 0.307. The van der Waals surface area contributed by atoms with E-state index in [1.54, 1.807) is 6.92 Å². The molecule has 2 heteroatoms. The smallest absolute Gasteiger partial charge is 0.143 e.